The van der Waals surface area contributed by atoms with Crippen molar-refractivity contribution in [2.75, 3.05) is 6.61 Å². The van der Waals surface area contributed by atoms with Gasteiger partial charge in [-0.15, -0.1) is 0 Å². The number of halogens is 1. The highest BCUT2D eigenvalue weighted by molar-refractivity contribution is 6.30. The van der Waals surface area contributed by atoms with Gasteiger partial charge < -0.3 is 15.1 Å². The Bertz CT molecular complexity index is 688. The molecule has 1 saturated carbocycles. The number of hydrogen-bond acceptors (Lipinski definition) is 3. The normalized spacial score (nSPS) is 32.4. The molecule has 1 aliphatic carbocycles. The van der Waals surface area contributed by atoms with Crippen LogP contribution >= 0.6 is 11.6 Å². The molecular formula is C20H26ClNO4. The van der Waals surface area contributed by atoms with Crippen molar-refractivity contribution >= 4 is 23.5 Å². The Morgan fingerprint density at radius 2 is 2.04 bits per heavy atom. The SMILES string of the molecule is CCC(CO)N1C(=O)[C@@](C)(C2CC2C(=O)O)CCC1c1ccc(Cl)cc1. The number of aliphatic hydroxyl groups excluding tert-OH is 1. The second-order valence-electron chi connectivity index (χ2n) is 7.77. The van der Waals surface area contributed by atoms with Crippen LogP contribution < -0.4 is 0 Å². The molecule has 1 aromatic carbocycles. The summed E-state index contributed by atoms with van der Waals surface area (Å²) < 4.78 is 0. The lowest BCUT2D eigenvalue weighted by atomic mass is 9.72. The highest BCUT2D eigenvalue weighted by Crippen LogP contribution is 2.57. The first-order chi connectivity index (χ1) is 12.3. The van der Waals surface area contributed by atoms with Crippen molar-refractivity contribution < 1.29 is 19.8 Å². The first kappa shape index (κ1) is 19.2. The molecular weight excluding hydrogens is 354 g/mol. The molecule has 1 saturated heterocycles. The van der Waals surface area contributed by atoms with Gasteiger partial charge in [0.2, 0.25) is 5.91 Å². The molecule has 0 bridgehead atoms. The minimum absolute atomic E-state index is 0.0293. The smallest absolute Gasteiger partial charge is 0.306 e. The number of nitrogens with zero attached hydrogens (tertiary/aromatic N) is 1. The average Bonchev–Trinajstić information content (AvgIpc) is 3.42. The number of aliphatic carboxylic acids is 1. The van der Waals surface area contributed by atoms with Gasteiger partial charge in [0.05, 0.1) is 30.0 Å². The molecule has 1 amide bonds. The summed E-state index contributed by atoms with van der Waals surface area (Å²) in [5.74, 6) is -1.38. The van der Waals surface area contributed by atoms with Gasteiger partial charge in [-0.1, -0.05) is 37.6 Å². The van der Waals surface area contributed by atoms with Crippen LogP contribution in [-0.4, -0.2) is 39.6 Å². The predicted octanol–water partition coefficient (Wildman–Crippen LogP) is 3.50. The summed E-state index contributed by atoms with van der Waals surface area (Å²) in [6.07, 6.45) is 2.62. The van der Waals surface area contributed by atoms with Gasteiger partial charge in [-0.3, -0.25) is 9.59 Å². The molecule has 5 nitrogen and oxygen atoms in total. The summed E-state index contributed by atoms with van der Waals surface area (Å²) >= 11 is 6.00. The largest absolute Gasteiger partial charge is 0.481 e. The number of likely N-dealkylation sites (tertiary alicyclic amines) is 1. The van der Waals surface area contributed by atoms with Crippen molar-refractivity contribution in [1.82, 2.24) is 4.90 Å². The third kappa shape index (κ3) is 3.23. The van der Waals surface area contributed by atoms with Crippen molar-refractivity contribution in [2.24, 2.45) is 17.3 Å². The summed E-state index contributed by atoms with van der Waals surface area (Å²) in [4.78, 5) is 26.6. The Kier molecular flexibility index (Phi) is 5.31. The molecule has 26 heavy (non-hydrogen) atoms. The number of piperidine rings is 1. The van der Waals surface area contributed by atoms with E-state index >= 15 is 0 Å². The van der Waals surface area contributed by atoms with Crippen LogP contribution in [-0.2, 0) is 9.59 Å². The van der Waals surface area contributed by atoms with E-state index in [0.717, 1.165) is 12.0 Å². The van der Waals surface area contributed by atoms with Gasteiger partial charge in [-0.2, -0.15) is 0 Å². The third-order valence-corrected chi connectivity index (χ3v) is 6.50. The summed E-state index contributed by atoms with van der Waals surface area (Å²) in [5, 5.41) is 19.8. The van der Waals surface area contributed by atoms with Crippen LogP contribution in [0, 0.1) is 17.3 Å². The molecule has 6 heteroatoms. The van der Waals surface area contributed by atoms with Gasteiger partial charge in [-0.05, 0) is 49.3 Å². The number of carbonyl (C=O) groups is 2. The Morgan fingerprint density at radius 1 is 1.38 bits per heavy atom. The maximum absolute atomic E-state index is 13.5. The van der Waals surface area contributed by atoms with Crippen molar-refractivity contribution in [3.8, 4) is 0 Å². The van der Waals surface area contributed by atoms with Crippen molar-refractivity contribution in [1.29, 1.82) is 0 Å². The number of carboxylic acids is 1. The molecule has 142 valence electrons. The summed E-state index contributed by atoms with van der Waals surface area (Å²) in [6.45, 7) is 3.75. The van der Waals surface area contributed by atoms with Crippen LogP contribution in [0.2, 0.25) is 5.02 Å². The van der Waals surface area contributed by atoms with Crippen LogP contribution in [0.5, 0.6) is 0 Å². The van der Waals surface area contributed by atoms with E-state index in [-0.39, 0.29) is 30.5 Å². The van der Waals surface area contributed by atoms with E-state index in [0.29, 0.717) is 24.3 Å². The zero-order valence-electron chi connectivity index (χ0n) is 15.2. The number of carboxylic acid groups (broad SMARTS) is 1. The molecule has 0 spiro atoms. The molecule has 2 fully saturated rings. The first-order valence-corrected chi connectivity index (χ1v) is 9.63. The Labute approximate surface area is 159 Å². The molecule has 2 aliphatic rings. The fraction of sp³-hybridized carbons (Fsp3) is 0.600. The van der Waals surface area contributed by atoms with E-state index in [4.69, 9.17) is 11.6 Å². The minimum atomic E-state index is -0.815. The van der Waals surface area contributed by atoms with Gasteiger partial charge in [0.25, 0.3) is 0 Å². The lowest BCUT2D eigenvalue weighted by Gasteiger charge is -2.48. The highest BCUT2D eigenvalue weighted by Gasteiger charge is 2.60. The van der Waals surface area contributed by atoms with Crippen molar-refractivity contribution in [3.05, 3.63) is 34.9 Å². The van der Waals surface area contributed by atoms with E-state index in [9.17, 15) is 19.8 Å². The van der Waals surface area contributed by atoms with E-state index in [1.165, 1.54) is 0 Å². The average molecular weight is 380 g/mol. The fourth-order valence-electron chi connectivity index (χ4n) is 4.48. The summed E-state index contributed by atoms with van der Waals surface area (Å²) in [6, 6.07) is 7.09. The number of carbonyl (C=O) groups excluding carboxylic acids is 1. The number of rotatable bonds is 6. The monoisotopic (exact) mass is 379 g/mol. The molecule has 1 aliphatic heterocycles. The van der Waals surface area contributed by atoms with Crippen LogP contribution in [0.1, 0.15) is 51.1 Å². The zero-order chi connectivity index (χ0) is 19.1. The van der Waals surface area contributed by atoms with Gasteiger partial charge in [0.15, 0.2) is 0 Å². The standard InChI is InChI=1S/C20H26ClNO4/c1-3-14(11-23)22-17(12-4-6-13(21)7-5-12)8-9-20(2,19(22)26)16-10-15(16)18(24)25/h4-7,14-17,23H,3,8-11H2,1-2H3,(H,24,25)/t14?,15?,16?,17?,20-/m1/s1. The number of benzene rings is 1. The minimum Gasteiger partial charge on any atom is -0.481 e. The third-order valence-electron chi connectivity index (χ3n) is 6.25. The first-order valence-electron chi connectivity index (χ1n) is 9.25. The van der Waals surface area contributed by atoms with E-state index < -0.39 is 17.3 Å². The highest BCUT2D eigenvalue weighted by atomic mass is 35.5. The van der Waals surface area contributed by atoms with Gasteiger partial charge >= 0.3 is 5.97 Å². The zero-order valence-corrected chi connectivity index (χ0v) is 15.9. The summed E-state index contributed by atoms with van der Waals surface area (Å²) in [5.41, 5.74) is 0.330. The maximum atomic E-state index is 13.5. The Hall–Kier alpha value is -1.59. The maximum Gasteiger partial charge on any atom is 0.306 e. The van der Waals surface area contributed by atoms with Gasteiger partial charge in [-0.25, -0.2) is 0 Å². The molecule has 2 N–H and O–H groups in total. The predicted molar refractivity (Wildman–Crippen MR) is 98.8 cm³/mol. The molecule has 5 atom stereocenters. The van der Waals surface area contributed by atoms with Gasteiger partial charge in [0.1, 0.15) is 0 Å². The number of aliphatic hydroxyl groups is 1. The second-order valence-corrected chi connectivity index (χ2v) is 8.20. The van der Waals surface area contributed by atoms with Crippen molar-refractivity contribution in [3.63, 3.8) is 0 Å². The molecule has 1 aromatic rings. The molecule has 4 unspecified atom stereocenters. The Balaban J connectivity index is 1.93. The van der Waals surface area contributed by atoms with E-state index in [1.54, 1.807) is 0 Å². The lowest BCUT2D eigenvalue weighted by molar-refractivity contribution is -0.157. The van der Waals surface area contributed by atoms with Crippen molar-refractivity contribution in [2.45, 2.75) is 51.6 Å². The molecule has 0 aromatic heterocycles. The quantitative estimate of drug-likeness (QED) is 0.792. The van der Waals surface area contributed by atoms with Crippen LogP contribution in [0.25, 0.3) is 0 Å². The summed E-state index contributed by atoms with van der Waals surface area (Å²) in [7, 11) is 0. The van der Waals surface area contributed by atoms with E-state index in [1.807, 2.05) is 43.0 Å². The Morgan fingerprint density at radius 3 is 2.54 bits per heavy atom. The topological polar surface area (TPSA) is 77.8 Å². The molecule has 3 rings (SSSR count). The molecule has 1 heterocycles. The van der Waals surface area contributed by atoms with E-state index in [2.05, 4.69) is 0 Å². The second kappa shape index (κ2) is 7.20. The van der Waals surface area contributed by atoms with Gasteiger partial charge in [0, 0.05) is 5.02 Å². The van der Waals surface area contributed by atoms with Crippen LogP contribution in [0.4, 0.5) is 0 Å². The number of amides is 1. The lowest BCUT2D eigenvalue weighted by Crippen LogP contribution is -2.55. The van der Waals surface area contributed by atoms with Crippen LogP contribution in [0.15, 0.2) is 24.3 Å². The number of hydrogen-bond donors (Lipinski definition) is 2. The molecule has 0 radical (unpaired) electrons. The fourth-order valence-corrected chi connectivity index (χ4v) is 4.61. The van der Waals surface area contributed by atoms with Crippen LogP contribution in [0.3, 0.4) is 0 Å².